The molecule has 0 bridgehead atoms. The number of nitrogens with zero attached hydrogens (tertiary/aromatic N) is 4. The van der Waals surface area contributed by atoms with Crippen molar-refractivity contribution < 1.29 is 14.2 Å². The molecular weight excluding hydrogens is 443 g/mol. The number of aliphatic hydroxyl groups excluding tert-OH is 1. The maximum Gasteiger partial charge on any atom is 0.134 e. The quantitative estimate of drug-likeness (QED) is 0.471. The molecule has 1 aliphatic rings. The molecule has 0 spiro atoms. The Hall–Kier alpha value is -3.13. The van der Waals surface area contributed by atoms with Crippen LogP contribution in [-0.2, 0) is 4.74 Å². The molecule has 1 aliphatic heterocycles. The second kappa shape index (κ2) is 9.02. The molecule has 0 saturated carbocycles. The van der Waals surface area contributed by atoms with E-state index in [1.807, 2.05) is 31.2 Å². The van der Waals surface area contributed by atoms with Crippen molar-refractivity contribution in [3.8, 4) is 11.3 Å². The van der Waals surface area contributed by atoms with E-state index < -0.39 is 11.9 Å². The van der Waals surface area contributed by atoms with E-state index >= 15 is 4.39 Å². The summed E-state index contributed by atoms with van der Waals surface area (Å²) in [6.07, 6.45) is 3.65. The summed E-state index contributed by atoms with van der Waals surface area (Å²) >= 11 is 6.33. The molecule has 0 aliphatic carbocycles. The number of fused-ring (bicyclic) bond motifs is 1. The van der Waals surface area contributed by atoms with Gasteiger partial charge >= 0.3 is 0 Å². The van der Waals surface area contributed by atoms with Gasteiger partial charge in [0.2, 0.25) is 0 Å². The van der Waals surface area contributed by atoms with Crippen LogP contribution in [0.15, 0.2) is 55.1 Å². The van der Waals surface area contributed by atoms with Crippen molar-refractivity contribution >= 4 is 28.2 Å². The molecular formula is C25H22ClFN4O2. The van der Waals surface area contributed by atoms with Gasteiger partial charge in [-0.15, -0.1) is 0 Å². The Balaban J connectivity index is 1.58. The Bertz CT molecular complexity index is 1330. The Morgan fingerprint density at radius 1 is 1.09 bits per heavy atom. The van der Waals surface area contributed by atoms with E-state index in [1.165, 1.54) is 12.4 Å². The van der Waals surface area contributed by atoms with E-state index in [9.17, 15) is 5.11 Å². The van der Waals surface area contributed by atoms with Gasteiger partial charge in [-0.2, -0.15) is 0 Å². The van der Waals surface area contributed by atoms with Gasteiger partial charge in [0.15, 0.2) is 0 Å². The normalized spacial score (nSPS) is 15.1. The molecule has 1 N–H and O–H groups in total. The summed E-state index contributed by atoms with van der Waals surface area (Å²) in [5.74, 6) is -0.518. The average molecular weight is 465 g/mol. The molecule has 1 unspecified atom stereocenters. The van der Waals surface area contributed by atoms with Crippen LogP contribution in [0.1, 0.15) is 22.8 Å². The molecule has 1 atom stereocenters. The third-order valence-corrected chi connectivity index (χ3v) is 6.17. The highest BCUT2D eigenvalue weighted by atomic mass is 35.5. The van der Waals surface area contributed by atoms with Crippen molar-refractivity contribution in [1.29, 1.82) is 0 Å². The van der Waals surface area contributed by atoms with E-state index in [2.05, 4.69) is 19.9 Å². The summed E-state index contributed by atoms with van der Waals surface area (Å²) < 4.78 is 20.5. The van der Waals surface area contributed by atoms with E-state index in [0.717, 1.165) is 24.3 Å². The lowest BCUT2D eigenvalue weighted by molar-refractivity contribution is 0.122. The van der Waals surface area contributed by atoms with Crippen molar-refractivity contribution in [2.45, 2.75) is 13.0 Å². The van der Waals surface area contributed by atoms with E-state index in [1.54, 1.807) is 18.5 Å². The SMILES string of the molecule is Cc1cncc(C(O)c2cc(-c3ncnc4cc(N5CCOCC5)ccc34)c(F)cc2Cl)c1. The van der Waals surface area contributed by atoms with Crippen LogP contribution in [0.2, 0.25) is 5.02 Å². The van der Waals surface area contributed by atoms with Crippen LogP contribution in [0.3, 0.4) is 0 Å². The lowest BCUT2D eigenvalue weighted by atomic mass is 9.97. The fourth-order valence-electron chi connectivity index (χ4n) is 4.14. The van der Waals surface area contributed by atoms with Crippen molar-refractivity contribution in [2.24, 2.45) is 0 Å². The largest absolute Gasteiger partial charge is 0.384 e. The van der Waals surface area contributed by atoms with E-state index in [4.69, 9.17) is 16.3 Å². The predicted octanol–water partition coefficient (Wildman–Crippen LogP) is 4.71. The zero-order chi connectivity index (χ0) is 22.9. The molecule has 0 radical (unpaired) electrons. The predicted molar refractivity (Wildman–Crippen MR) is 126 cm³/mol. The number of ether oxygens (including phenoxy) is 1. The highest BCUT2D eigenvalue weighted by Gasteiger charge is 2.21. The number of aryl methyl sites for hydroxylation is 1. The summed E-state index contributed by atoms with van der Waals surface area (Å²) in [4.78, 5) is 15.2. The first kappa shape index (κ1) is 21.7. The summed E-state index contributed by atoms with van der Waals surface area (Å²) in [6, 6.07) is 10.5. The maximum atomic E-state index is 15.1. The smallest absolute Gasteiger partial charge is 0.134 e. The molecule has 2 aromatic carbocycles. The standard InChI is InChI=1S/C25H22ClFN4O2/c1-15-8-16(13-28-12-15)25(32)19-10-20(22(27)11-21(19)26)24-18-3-2-17(9-23(18)29-14-30-24)31-4-6-33-7-5-31/h2-3,8-14,25,32H,4-7H2,1H3. The van der Waals surface area contributed by atoms with Crippen molar-refractivity contribution in [1.82, 2.24) is 15.0 Å². The van der Waals surface area contributed by atoms with Crippen LogP contribution >= 0.6 is 11.6 Å². The average Bonchev–Trinajstić information content (AvgIpc) is 2.84. The molecule has 5 rings (SSSR count). The lowest BCUT2D eigenvalue weighted by Crippen LogP contribution is -2.36. The number of pyridine rings is 1. The highest BCUT2D eigenvalue weighted by molar-refractivity contribution is 6.31. The topological polar surface area (TPSA) is 71.4 Å². The monoisotopic (exact) mass is 464 g/mol. The van der Waals surface area contributed by atoms with Crippen molar-refractivity contribution in [3.05, 3.63) is 82.6 Å². The van der Waals surface area contributed by atoms with E-state index in [-0.39, 0.29) is 10.6 Å². The highest BCUT2D eigenvalue weighted by Crippen LogP contribution is 2.36. The summed E-state index contributed by atoms with van der Waals surface area (Å²) in [5.41, 5.74) is 4.31. The van der Waals surface area contributed by atoms with E-state index in [0.29, 0.717) is 40.9 Å². The summed E-state index contributed by atoms with van der Waals surface area (Å²) in [7, 11) is 0. The number of rotatable bonds is 4. The molecule has 4 aromatic rings. The van der Waals surface area contributed by atoms with Gasteiger partial charge in [-0.1, -0.05) is 17.7 Å². The van der Waals surface area contributed by atoms with Crippen molar-refractivity contribution in [3.63, 3.8) is 0 Å². The number of aromatic nitrogens is 3. The zero-order valence-electron chi connectivity index (χ0n) is 18.0. The van der Waals surface area contributed by atoms with Crippen LogP contribution < -0.4 is 4.90 Å². The van der Waals surface area contributed by atoms with Gasteiger partial charge in [-0.05, 0) is 42.8 Å². The minimum atomic E-state index is -1.05. The van der Waals surface area contributed by atoms with Crippen LogP contribution in [0.5, 0.6) is 0 Å². The molecule has 0 amide bonds. The second-order valence-electron chi connectivity index (χ2n) is 8.07. The first-order valence-corrected chi connectivity index (χ1v) is 11.1. The van der Waals surface area contributed by atoms with Crippen LogP contribution in [0.25, 0.3) is 22.2 Å². The fraction of sp³-hybridized carbons (Fsp3) is 0.240. The Labute approximate surface area is 195 Å². The van der Waals surface area contributed by atoms with Gasteiger partial charge in [0.05, 0.1) is 24.4 Å². The van der Waals surface area contributed by atoms with Gasteiger partial charge in [-0.25, -0.2) is 14.4 Å². The Morgan fingerprint density at radius 2 is 1.91 bits per heavy atom. The number of hydrogen-bond acceptors (Lipinski definition) is 6. The van der Waals surface area contributed by atoms with Gasteiger partial charge in [-0.3, -0.25) is 4.98 Å². The minimum Gasteiger partial charge on any atom is -0.384 e. The molecule has 3 heterocycles. The van der Waals surface area contributed by atoms with Gasteiger partial charge in [0.25, 0.3) is 0 Å². The first-order valence-electron chi connectivity index (χ1n) is 10.7. The molecule has 1 saturated heterocycles. The Kier molecular flexibility index (Phi) is 5.93. The molecule has 8 heteroatoms. The number of aliphatic hydroxyl groups is 1. The molecule has 33 heavy (non-hydrogen) atoms. The van der Waals surface area contributed by atoms with Crippen molar-refractivity contribution in [2.75, 3.05) is 31.2 Å². The third kappa shape index (κ3) is 4.27. The number of benzene rings is 2. The first-order chi connectivity index (χ1) is 16.0. The number of morpholine rings is 1. The van der Waals surface area contributed by atoms with Crippen LogP contribution in [0.4, 0.5) is 10.1 Å². The lowest BCUT2D eigenvalue weighted by Gasteiger charge is -2.29. The minimum absolute atomic E-state index is 0.137. The second-order valence-corrected chi connectivity index (χ2v) is 8.48. The van der Waals surface area contributed by atoms with Gasteiger partial charge in [0, 0.05) is 58.3 Å². The molecule has 168 valence electrons. The summed E-state index contributed by atoms with van der Waals surface area (Å²) in [6.45, 7) is 4.88. The molecule has 1 fully saturated rings. The number of halogens is 2. The zero-order valence-corrected chi connectivity index (χ0v) is 18.8. The Morgan fingerprint density at radius 3 is 2.70 bits per heavy atom. The number of anilines is 1. The maximum absolute atomic E-state index is 15.1. The third-order valence-electron chi connectivity index (χ3n) is 5.84. The van der Waals surface area contributed by atoms with Gasteiger partial charge < -0.3 is 14.7 Å². The molecule has 2 aromatic heterocycles. The van der Waals surface area contributed by atoms with Crippen LogP contribution in [0, 0.1) is 12.7 Å². The summed E-state index contributed by atoms with van der Waals surface area (Å²) in [5, 5.41) is 11.8. The van der Waals surface area contributed by atoms with Gasteiger partial charge in [0.1, 0.15) is 18.2 Å². The molecule has 6 nitrogen and oxygen atoms in total. The fourth-order valence-corrected chi connectivity index (χ4v) is 4.40. The number of hydrogen-bond donors (Lipinski definition) is 1. The van der Waals surface area contributed by atoms with Crippen LogP contribution in [-0.4, -0.2) is 46.4 Å².